The molecule has 0 amide bonds. The summed E-state index contributed by atoms with van der Waals surface area (Å²) in [6.07, 6.45) is 1.18. The molecule has 0 radical (unpaired) electrons. The maximum absolute atomic E-state index is 11.9. The van der Waals surface area contributed by atoms with Gasteiger partial charge < -0.3 is 0 Å². The van der Waals surface area contributed by atoms with E-state index in [1.807, 2.05) is 32.2 Å². The second-order valence-corrected chi connectivity index (χ2v) is 5.07. The van der Waals surface area contributed by atoms with Crippen LogP contribution in [0.1, 0.15) is 39.6 Å². The maximum atomic E-state index is 11.9. The van der Waals surface area contributed by atoms with Gasteiger partial charge in [-0.15, -0.1) is 0 Å². The van der Waals surface area contributed by atoms with Gasteiger partial charge in [-0.2, -0.15) is 0 Å². The lowest BCUT2D eigenvalue weighted by Crippen LogP contribution is -2.27. The van der Waals surface area contributed by atoms with E-state index in [1.165, 1.54) is 6.42 Å². The van der Waals surface area contributed by atoms with Crippen LogP contribution in [0.3, 0.4) is 0 Å². The van der Waals surface area contributed by atoms with Crippen LogP contribution in [-0.2, 0) is 0 Å². The molecule has 4 heteroatoms. The van der Waals surface area contributed by atoms with E-state index >= 15 is 0 Å². The average Bonchev–Trinajstić information content (AvgIpc) is 2.60. The molecule has 0 saturated carbocycles. The van der Waals surface area contributed by atoms with Gasteiger partial charge in [-0.05, 0) is 20.4 Å². The Hall–Kier alpha value is -2.30. The molecule has 2 aromatic rings. The summed E-state index contributed by atoms with van der Waals surface area (Å²) in [5.74, 6) is -0.925. The molecule has 0 aliphatic heterocycles. The van der Waals surface area contributed by atoms with Gasteiger partial charge in [0.1, 0.15) is 0 Å². The number of hydrazine groups is 1. The molecular weight excluding hydrogens is 288 g/mol. The third-order valence-corrected chi connectivity index (χ3v) is 3.11. The Kier molecular flexibility index (Phi) is 8.50. The van der Waals surface area contributed by atoms with Crippen LogP contribution in [0.15, 0.2) is 54.6 Å². The Morgan fingerprint density at radius 3 is 1.83 bits per heavy atom. The van der Waals surface area contributed by atoms with Crippen molar-refractivity contribution in [3.05, 3.63) is 71.3 Å². The number of carbonyl (C=O) groups is 2. The lowest BCUT2D eigenvalue weighted by molar-refractivity contribution is 0.0817. The van der Waals surface area contributed by atoms with Crippen LogP contribution in [0.2, 0.25) is 0 Å². The van der Waals surface area contributed by atoms with Crippen molar-refractivity contribution in [2.24, 2.45) is 0 Å². The van der Waals surface area contributed by atoms with E-state index in [-0.39, 0.29) is 0 Å². The van der Waals surface area contributed by atoms with Gasteiger partial charge in [-0.25, -0.2) is 0 Å². The van der Waals surface area contributed by atoms with E-state index in [9.17, 15) is 9.59 Å². The van der Waals surface area contributed by atoms with Gasteiger partial charge in [0.2, 0.25) is 11.6 Å². The number of Topliss-reactive ketones (excluding diaryl/α,β-unsaturated/α-hetero) is 2. The monoisotopic (exact) mass is 312 g/mol. The molecule has 0 fully saturated rings. The summed E-state index contributed by atoms with van der Waals surface area (Å²) in [5, 5.41) is 0. The van der Waals surface area contributed by atoms with Crippen LogP contribution < -0.4 is 10.9 Å². The third-order valence-electron chi connectivity index (χ3n) is 3.11. The van der Waals surface area contributed by atoms with E-state index in [2.05, 4.69) is 17.8 Å². The molecule has 23 heavy (non-hydrogen) atoms. The molecule has 0 saturated heterocycles. The van der Waals surface area contributed by atoms with E-state index in [0.29, 0.717) is 11.1 Å². The van der Waals surface area contributed by atoms with Crippen molar-refractivity contribution < 1.29 is 9.59 Å². The fourth-order valence-electron chi connectivity index (χ4n) is 1.81. The summed E-state index contributed by atoms with van der Waals surface area (Å²) in [6, 6.07) is 15.6. The van der Waals surface area contributed by atoms with E-state index < -0.39 is 11.6 Å². The Bertz CT molecular complexity index is 603. The normalized spacial score (nSPS) is 9.70. The van der Waals surface area contributed by atoms with Gasteiger partial charge in [0.25, 0.3) is 0 Å². The fourth-order valence-corrected chi connectivity index (χ4v) is 1.81. The largest absolute Gasteiger partial charge is 0.285 e. The van der Waals surface area contributed by atoms with Gasteiger partial charge in [-0.3, -0.25) is 20.4 Å². The van der Waals surface area contributed by atoms with Gasteiger partial charge in [-0.1, -0.05) is 67.1 Å². The number of carbonyl (C=O) groups excluding carboxylic acids is 2. The number of rotatable bonds is 6. The van der Waals surface area contributed by atoms with Gasteiger partial charge in [0.05, 0.1) is 0 Å². The van der Waals surface area contributed by atoms with Crippen molar-refractivity contribution in [2.45, 2.75) is 20.3 Å². The van der Waals surface area contributed by atoms with Crippen LogP contribution in [0.25, 0.3) is 0 Å². The number of aryl methyl sites for hydroxylation is 1. The second-order valence-electron chi connectivity index (χ2n) is 5.07. The molecule has 122 valence electrons. The maximum Gasteiger partial charge on any atom is 0.233 e. The van der Waals surface area contributed by atoms with Crippen molar-refractivity contribution in [1.29, 1.82) is 0 Å². The highest BCUT2D eigenvalue weighted by Gasteiger charge is 2.17. The smallest absolute Gasteiger partial charge is 0.233 e. The zero-order valence-corrected chi connectivity index (χ0v) is 13.9. The predicted octanol–water partition coefficient (Wildman–Crippen LogP) is 3.18. The zero-order chi connectivity index (χ0) is 17.1. The van der Waals surface area contributed by atoms with Crippen LogP contribution in [-0.4, -0.2) is 25.2 Å². The first kappa shape index (κ1) is 18.7. The molecule has 2 aromatic carbocycles. The van der Waals surface area contributed by atoms with Gasteiger partial charge in [0.15, 0.2) is 0 Å². The lowest BCUT2D eigenvalue weighted by Gasteiger charge is -2.01. The minimum Gasteiger partial charge on any atom is -0.285 e. The summed E-state index contributed by atoms with van der Waals surface area (Å²) in [5.41, 5.74) is 7.69. The zero-order valence-electron chi connectivity index (χ0n) is 13.9. The molecule has 4 nitrogen and oxygen atoms in total. The topological polar surface area (TPSA) is 58.2 Å². The quantitative estimate of drug-likeness (QED) is 0.372. The van der Waals surface area contributed by atoms with Crippen LogP contribution in [0.5, 0.6) is 0 Å². The molecule has 2 N–H and O–H groups in total. The summed E-state index contributed by atoms with van der Waals surface area (Å²) < 4.78 is 0. The van der Waals surface area contributed by atoms with E-state index in [0.717, 1.165) is 12.1 Å². The number of ketones is 2. The summed E-state index contributed by atoms with van der Waals surface area (Å²) in [7, 11) is 1.87. The molecule has 2 rings (SSSR count). The number of benzene rings is 2. The molecule has 0 aliphatic rings. The summed E-state index contributed by atoms with van der Waals surface area (Å²) >= 11 is 0. The van der Waals surface area contributed by atoms with Crippen molar-refractivity contribution >= 4 is 11.6 Å². The standard InChI is InChI=1S/C15H12O2.C4H12N2/c1-11-7-9-13(10-8-11)15(17)14(16)12-5-3-2-4-6-12;1-3-4-6-5-2/h2-10H,1H3;5-6H,3-4H2,1-2H3. The minimum atomic E-state index is -0.463. The molecular formula is C19H24N2O2. The number of hydrogen-bond donors (Lipinski definition) is 2. The molecule has 0 bridgehead atoms. The first-order valence-corrected chi connectivity index (χ1v) is 7.70. The Balaban J connectivity index is 0.000000379. The SMILES string of the molecule is CCCNNC.Cc1ccc(C(=O)C(=O)c2ccccc2)cc1. The molecule has 0 heterocycles. The molecule has 0 aliphatic carbocycles. The van der Waals surface area contributed by atoms with Gasteiger partial charge >= 0.3 is 0 Å². The van der Waals surface area contributed by atoms with Crippen LogP contribution in [0, 0.1) is 6.92 Å². The van der Waals surface area contributed by atoms with Crippen LogP contribution in [0.4, 0.5) is 0 Å². The highest BCUT2D eigenvalue weighted by atomic mass is 16.2. The first-order valence-electron chi connectivity index (χ1n) is 7.70. The Morgan fingerprint density at radius 1 is 0.870 bits per heavy atom. The van der Waals surface area contributed by atoms with Crippen LogP contribution >= 0.6 is 0 Å². The van der Waals surface area contributed by atoms with E-state index in [1.54, 1.807) is 36.4 Å². The molecule has 0 unspecified atom stereocenters. The highest BCUT2D eigenvalue weighted by molar-refractivity contribution is 6.49. The second kappa shape index (κ2) is 10.4. The van der Waals surface area contributed by atoms with Crippen molar-refractivity contribution in [1.82, 2.24) is 10.9 Å². The molecule has 0 spiro atoms. The number of hydrogen-bond acceptors (Lipinski definition) is 4. The number of nitrogens with one attached hydrogen (secondary N) is 2. The summed E-state index contributed by atoms with van der Waals surface area (Å²) in [6.45, 7) is 5.12. The average molecular weight is 312 g/mol. The fraction of sp³-hybridized carbons (Fsp3) is 0.263. The summed E-state index contributed by atoms with van der Waals surface area (Å²) in [4.78, 5) is 23.8. The van der Waals surface area contributed by atoms with Crippen molar-refractivity contribution in [2.75, 3.05) is 13.6 Å². The highest BCUT2D eigenvalue weighted by Crippen LogP contribution is 2.09. The van der Waals surface area contributed by atoms with Crippen molar-refractivity contribution in [3.8, 4) is 0 Å². The van der Waals surface area contributed by atoms with Gasteiger partial charge in [0, 0.05) is 17.7 Å². The Labute approximate surface area is 137 Å². The minimum absolute atomic E-state index is 0.429. The Morgan fingerprint density at radius 2 is 1.39 bits per heavy atom. The van der Waals surface area contributed by atoms with E-state index in [4.69, 9.17) is 0 Å². The molecule has 0 aromatic heterocycles. The third kappa shape index (κ3) is 6.55. The van der Waals surface area contributed by atoms with Crippen molar-refractivity contribution in [3.63, 3.8) is 0 Å². The molecule has 0 atom stereocenters. The first-order chi connectivity index (χ1) is 11.1. The predicted molar refractivity (Wildman–Crippen MR) is 93.6 cm³/mol. The lowest BCUT2D eigenvalue weighted by atomic mass is 10.0.